The van der Waals surface area contributed by atoms with Crippen molar-refractivity contribution in [1.82, 2.24) is 4.90 Å². The quantitative estimate of drug-likeness (QED) is 0.563. The number of fused-ring (bicyclic) bond motifs is 1. The Hall–Kier alpha value is -3.41. The van der Waals surface area contributed by atoms with Crippen LogP contribution in [0.1, 0.15) is 18.4 Å². The number of ether oxygens (including phenoxy) is 1. The lowest BCUT2D eigenvalue weighted by Crippen LogP contribution is -2.49. The second-order valence-electron chi connectivity index (χ2n) is 8.78. The summed E-state index contributed by atoms with van der Waals surface area (Å²) in [6.45, 7) is 0. The van der Waals surface area contributed by atoms with Gasteiger partial charge in [-0.1, -0.05) is 54.6 Å². The molecule has 164 valence electrons. The van der Waals surface area contributed by atoms with E-state index in [1.165, 1.54) is 12.0 Å². The van der Waals surface area contributed by atoms with Crippen molar-refractivity contribution in [1.29, 1.82) is 0 Å². The van der Waals surface area contributed by atoms with Gasteiger partial charge in [-0.25, -0.2) is 0 Å². The van der Waals surface area contributed by atoms with Crippen molar-refractivity contribution in [2.24, 2.45) is 23.7 Å². The van der Waals surface area contributed by atoms with E-state index in [2.05, 4.69) is 17.5 Å². The summed E-state index contributed by atoms with van der Waals surface area (Å²) in [5, 5.41) is 2.89. The minimum Gasteiger partial charge on any atom is -0.495 e. The summed E-state index contributed by atoms with van der Waals surface area (Å²) in [5.74, 6) is -0.812. The Morgan fingerprint density at radius 3 is 2.16 bits per heavy atom. The lowest BCUT2D eigenvalue weighted by molar-refractivity contribution is -0.146. The summed E-state index contributed by atoms with van der Waals surface area (Å²) in [4.78, 5) is 41.8. The van der Waals surface area contributed by atoms with Gasteiger partial charge in [0.1, 0.15) is 11.8 Å². The maximum absolute atomic E-state index is 13.5. The first-order chi connectivity index (χ1) is 15.6. The van der Waals surface area contributed by atoms with Crippen LogP contribution in [0.5, 0.6) is 5.75 Å². The number of methoxy groups -OCH3 is 1. The summed E-state index contributed by atoms with van der Waals surface area (Å²) in [6, 6.07) is 15.7. The molecule has 0 aromatic heterocycles. The number of rotatable bonds is 6. The molecule has 0 spiro atoms. The number of benzene rings is 2. The Morgan fingerprint density at radius 2 is 1.56 bits per heavy atom. The average molecular weight is 431 g/mol. The first kappa shape index (κ1) is 20.5. The second kappa shape index (κ2) is 8.26. The number of allylic oxidation sites excluding steroid dienone is 2. The second-order valence-corrected chi connectivity index (χ2v) is 8.78. The fourth-order valence-corrected chi connectivity index (χ4v) is 5.51. The molecule has 1 heterocycles. The van der Waals surface area contributed by atoms with Gasteiger partial charge < -0.3 is 10.1 Å². The highest BCUT2D eigenvalue weighted by molar-refractivity contribution is 6.10. The van der Waals surface area contributed by atoms with Gasteiger partial charge in [0.2, 0.25) is 17.7 Å². The number of anilines is 1. The van der Waals surface area contributed by atoms with Crippen LogP contribution in [0, 0.1) is 23.7 Å². The third kappa shape index (κ3) is 3.40. The normalized spacial score (nSPS) is 26.7. The summed E-state index contributed by atoms with van der Waals surface area (Å²) in [7, 11) is 1.54. The molecule has 2 fully saturated rings. The smallest absolute Gasteiger partial charge is 0.248 e. The molecule has 6 heteroatoms. The van der Waals surface area contributed by atoms with Gasteiger partial charge in [-0.15, -0.1) is 0 Å². The van der Waals surface area contributed by atoms with Crippen LogP contribution in [-0.2, 0) is 20.8 Å². The van der Waals surface area contributed by atoms with Gasteiger partial charge in [0, 0.05) is 6.42 Å². The van der Waals surface area contributed by atoms with E-state index < -0.39 is 6.04 Å². The minimum absolute atomic E-state index is 0.0844. The van der Waals surface area contributed by atoms with Crippen LogP contribution < -0.4 is 10.1 Å². The Morgan fingerprint density at radius 1 is 0.969 bits per heavy atom. The van der Waals surface area contributed by atoms with Crippen molar-refractivity contribution in [3.05, 3.63) is 72.3 Å². The van der Waals surface area contributed by atoms with Crippen molar-refractivity contribution in [2.45, 2.75) is 25.3 Å². The van der Waals surface area contributed by atoms with Gasteiger partial charge in [0.25, 0.3) is 0 Å². The first-order valence-corrected chi connectivity index (χ1v) is 11.1. The highest BCUT2D eigenvalue weighted by Crippen LogP contribution is 2.50. The number of carbonyl (C=O) groups excluding carboxylic acids is 3. The molecule has 3 amide bonds. The van der Waals surface area contributed by atoms with E-state index in [4.69, 9.17) is 4.74 Å². The van der Waals surface area contributed by atoms with Crippen LogP contribution in [0.15, 0.2) is 66.7 Å². The molecule has 5 atom stereocenters. The number of nitrogens with zero attached hydrogens (tertiary/aromatic N) is 1. The maximum atomic E-state index is 13.5. The standard InChI is InChI=1S/C26H26N2O4/c1-32-21-10-6-5-9-19(21)27-24(29)20(15-16-7-3-2-4-8-16)28-25(30)22-17-11-12-18(14-13-17)23(22)26(28)31/h2-12,17-18,20,22-23H,13-15H2,1H3,(H,27,29)/t17-,18-,20-,22-,23+/m0/s1. The fourth-order valence-electron chi connectivity index (χ4n) is 5.51. The molecule has 2 bridgehead atoms. The Bertz CT molecular complexity index is 1050. The lowest BCUT2D eigenvalue weighted by atomic mass is 9.63. The topological polar surface area (TPSA) is 75.7 Å². The largest absolute Gasteiger partial charge is 0.495 e. The molecular formula is C26H26N2O4. The number of imide groups is 1. The highest BCUT2D eigenvalue weighted by Gasteiger charge is 2.58. The highest BCUT2D eigenvalue weighted by atomic mass is 16.5. The van der Waals surface area contributed by atoms with Crippen LogP contribution in [0.4, 0.5) is 5.69 Å². The van der Waals surface area contributed by atoms with E-state index in [-0.39, 0.29) is 47.8 Å². The number of hydrogen-bond donors (Lipinski definition) is 1. The molecular weight excluding hydrogens is 404 g/mol. The molecule has 1 N–H and O–H groups in total. The zero-order chi connectivity index (χ0) is 22.2. The third-order valence-corrected chi connectivity index (χ3v) is 7.04. The Labute approximate surface area is 187 Å². The van der Waals surface area contributed by atoms with Crippen LogP contribution in [-0.4, -0.2) is 35.8 Å². The summed E-state index contributed by atoms with van der Waals surface area (Å²) in [6.07, 6.45) is 6.29. The zero-order valence-electron chi connectivity index (χ0n) is 17.9. The van der Waals surface area contributed by atoms with Crippen LogP contribution in [0.2, 0.25) is 0 Å². The summed E-state index contributed by atoms with van der Waals surface area (Å²) < 4.78 is 5.36. The van der Waals surface area contributed by atoms with E-state index in [1.54, 1.807) is 18.2 Å². The predicted molar refractivity (Wildman–Crippen MR) is 120 cm³/mol. The Balaban J connectivity index is 1.48. The maximum Gasteiger partial charge on any atom is 0.248 e. The van der Waals surface area contributed by atoms with Gasteiger partial charge in [-0.2, -0.15) is 0 Å². The zero-order valence-corrected chi connectivity index (χ0v) is 17.9. The van der Waals surface area contributed by atoms with Crippen LogP contribution in [0.3, 0.4) is 0 Å². The number of likely N-dealkylation sites (tertiary alicyclic amines) is 1. The fraction of sp³-hybridized carbons (Fsp3) is 0.346. The van der Waals surface area contributed by atoms with Gasteiger partial charge >= 0.3 is 0 Å². The van der Waals surface area contributed by atoms with E-state index in [0.29, 0.717) is 11.4 Å². The molecule has 1 saturated carbocycles. The molecule has 2 aromatic carbocycles. The third-order valence-electron chi connectivity index (χ3n) is 7.04. The van der Waals surface area contributed by atoms with Crippen LogP contribution in [0.25, 0.3) is 0 Å². The number of amides is 3. The van der Waals surface area contributed by atoms with E-state index in [0.717, 1.165) is 18.4 Å². The monoisotopic (exact) mass is 430 g/mol. The number of para-hydroxylation sites is 2. The molecule has 32 heavy (non-hydrogen) atoms. The van der Waals surface area contributed by atoms with Crippen LogP contribution >= 0.6 is 0 Å². The van der Waals surface area contributed by atoms with Gasteiger partial charge in [-0.3, -0.25) is 19.3 Å². The molecule has 6 rings (SSSR count). The minimum atomic E-state index is -0.924. The molecule has 2 aromatic rings. The van der Waals surface area contributed by atoms with E-state index >= 15 is 0 Å². The molecule has 0 radical (unpaired) electrons. The molecule has 0 unspecified atom stereocenters. The van der Waals surface area contributed by atoms with Crippen molar-refractivity contribution < 1.29 is 19.1 Å². The van der Waals surface area contributed by atoms with E-state index in [9.17, 15) is 14.4 Å². The molecule has 1 saturated heterocycles. The Kier molecular flexibility index (Phi) is 5.29. The van der Waals surface area contributed by atoms with Crippen molar-refractivity contribution in [3.63, 3.8) is 0 Å². The van der Waals surface area contributed by atoms with Crippen molar-refractivity contribution >= 4 is 23.4 Å². The summed E-state index contributed by atoms with van der Waals surface area (Å²) >= 11 is 0. The SMILES string of the molecule is COc1ccccc1NC(=O)[C@H](Cc1ccccc1)N1C(=O)[C@@H]2[C@H](C1=O)[C@H]1C=C[C@H]2CC1. The number of nitrogens with one attached hydrogen (secondary N) is 1. The summed E-state index contributed by atoms with van der Waals surface area (Å²) in [5.41, 5.74) is 1.40. The first-order valence-electron chi connectivity index (χ1n) is 11.1. The van der Waals surface area contributed by atoms with Crippen molar-refractivity contribution in [2.75, 3.05) is 12.4 Å². The molecule has 4 aliphatic rings. The van der Waals surface area contributed by atoms with Crippen molar-refractivity contribution in [3.8, 4) is 5.75 Å². The van der Waals surface area contributed by atoms with Gasteiger partial charge in [0.05, 0.1) is 24.6 Å². The number of carbonyl (C=O) groups is 3. The lowest BCUT2D eigenvalue weighted by Gasteiger charge is -2.38. The number of hydrogen-bond acceptors (Lipinski definition) is 4. The predicted octanol–water partition coefficient (Wildman–Crippen LogP) is 3.44. The molecule has 1 aliphatic heterocycles. The van der Waals surface area contributed by atoms with E-state index in [1.807, 2.05) is 36.4 Å². The average Bonchev–Trinajstić information content (AvgIpc) is 3.11. The van der Waals surface area contributed by atoms with Gasteiger partial charge in [-0.05, 0) is 42.4 Å². The molecule has 3 aliphatic carbocycles. The van der Waals surface area contributed by atoms with Gasteiger partial charge in [0.15, 0.2) is 0 Å². The molecule has 6 nitrogen and oxygen atoms in total.